The molecule has 0 aromatic heterocycles. The van der Waals surface area contributed by atoms with Crippen molar-refractivity contribution < 1.29 is 14.3 Å². The number of carbonyl (C=O) groups excluding carboxylic acids is 2. The fourth-order valence-corrected chi connectivity index (χ4v) is 3.07. The van der Waals surface area contributed by atoms with E-state index in [-0.39, 0.29) is 26.7 Å². The van der Waals surface area contributed by atoms with Crippen LogP contribution in [0.5, 0.6) is 5.75 Å². The van der Waals surface area contributed by atoms with Gasteiger partial charge in [-0.25, -0.2) is 0 Å². The molecule has 5 nitrogen and oxygen atoms in total. The van der Waals surface area contributed by atoms with Crippen LogP contribution in [0.4, 0.5) is 5.69 Å². The van der Waals surface area contributed by atoms with Crippen LogP contribution in [0.2, 0.25) is 15.1 Å². The second-order valence-corrected chi connectivity index (χ2v) is 8.12. The van der Waals surface area contributed by atoms with Gasteiger partial charge >= 0.3 is 0 Å². The van der Waals surface area contributed by atoms with Gasteiger partial charge in [0.15, 0.2) is 6.10 Å². The third kappa shape index (κ3) is 5.78. The number of carbonyl (C=O) groups is 2. The number of para-hydroxylation sites is 1. The normalized spacial score (nSPS) is 13.9. The molecule has 0 spiro atoms. The Hall–Kier alpha value is -1.95. The summed E-state index contributed by atoms with van der Waals surface area (Å²) in [6, 6.07) is 10.3. The lowest BCUT2D eigenvalue weighted by molar-refractivity contribution is -0.134. The fraction of sp³-hybridized carbons (Fsp3) is 0.333. The summed E-state index contributed by atoms with van der Waals surface area (Å²) in [5.41, 5.74) is 0.494. The number of ether oxygens (including phenoxy) is 1. The third-order valence-corrected chi connectivity index (χ3v) is 5.67. The number of hydrogen-bond acceptors (Lipinski definition) is 3. The summed E-state index contributed by atoms with van der Waals surface area (Å²) in [7, 11) is 0. The Morgan fingerprint density at radius 3 is 2.34 bits per heavy atom. The van der Waals surface area contributed by atoms with E-state index in [0.29, 0.717) is 12.1 Å². The van der Waals surface area contributed by atoms with Gasteiger partial charge in [-0.15, -0.1) is 0 Å². The van der Waals surface area contributed by atoms with Crippen LogP contribution >= 0.6 is 34.8 Å². The second-order valence-electron chi connectivity index (χ2n) is 6.90. The zero-order chi connectivity index (χ0) is 21.8. The van der Waals surface area contributed by atoms with E-state index >= 15 is 0 Å². The summed E-state index contributed by atoms with van der Waals surface area (Å²) in [6.07, 6.45) is -0.529. The lowest BCUT2D eigenvalue weighted by Crippen LogP contribution is -2.56. The molecule has 0 aliphatic rings. The van der Waals surface area contributed by atoms with Crippen molar-refractivity contribution in [1.82, 2.24) is 5.32 Å². The quantitative estimate of drug-likeness (QED) is 0.528. The van der Waals surface area contributed by atoms with Crippen LogP contribution in [0.3, 0.4) is 0 Å². The number of rotatable bonds is 7. The summed E-state index contributed by atoms with van der Waals surface area (Å²) in [4.78, 5) is 25.5. The van der Waals surface area contributed by atoms with Crippen molar-refractivity contribution in [3.05, 3.63) is 57.0 Å². The van der Waals surface area contributed by atoms with Gasteiger partial charge < -0.3 is 15.4 Å². The Morgan fingerprint density at radius 2 is 1.72 bits per heavy atom. The number of amides is 2. The van der Waals surface area contributed by atoms with Crippen LogP contribution in [-0.4, -0.2) is 23.5 Å². The number of benzene rings is 2. The molecule has 8 heteroatoms. The minimum absolute atomic E-state index is 0.228. The van der Waals surface area contributed by atoms with Crippen molar-refractivity contribution in [2.45, 2.75) is 45.8 Å². The first-order valence-electron chi connectivity index (χ1n) is 9.07. The van der Waals surface area contributed by atoms with E-state index in [9.17, 15) is 9.59 Å². The molecule has 2 rings (SSSR count). The standard InChI is InChI=1S/C21H23Cl3N2O3/c1-5-21(4,20(28)25-17-9-7-6-8-12(17)2)26-19(27)13(3)29-18-11-15(23)14(22)10-16(18)24/h6-11,13H,5H2,1-4H3,(H,25,28)(H,26,27)/t13-,21+/m0/s1. The first kappa shape index (κ1) is 23.3. The van der Waals surface area contributed by atoms with Crippen LogP contribution in [0, 0.1) is 6.92 Å². The van der Waals surface area contributed by atoms with E-state index < -0.39 is 17.6 Å². The van der Waals surface area contributed by atoms with Crippen molar-refractivity contribution >= 4 is 52.3 Å². The Labute approximate surface area is 185 Å². The Balaban J connectivity index is 2.10. The Bertz CT molecular complexity index is 920. The molecule has 0 saturated heterocycles. The van der Waals surface area contributed by atoms with Crippen molar-refractivity contribution in [3.8, 4) is 5.75 Å². The van der Waals surface area contributed by atoms with E-state index in [1.54, 1.807) is 13.8 Å². The molecule has 0 aliphatic carbocycles. The SMILES string of the molecule is CC[C@@](C)(NC(=O)[C@H](C)Oc1cc(Cl)c(Cl)cc1Cl)C(=O)Nc1ccccc1C. The molecule has 156 valence electrons. The number of anilines is 1. The molecule has 0 unspecified atom stereocenters. The first-order valence-corrected chi connectivity index (χ1v) is 10.2. The number of hydrogen-bond donors (Lipinski definition) is 2. The third-order valence-electron chi connectivity index (χ3n) is 4.65. The van der Waals surface area contributed by atoms with Gasteiger partial charge in [0.1, 0.15) is 11.3 Å². The van der Waals surface area contributed by atoms with Gasteiger partial charge in [-0.3, -0.25) is 9.59 Å². The fourth-order valence-electron chi connectivity index (χ4n) is 2.49. The lowest BCUT2D eigenvalue weighted by atomic mass is 9.96. The van der Waals surface area contributed by atoms with Crippen molar-refractivity contribution in [2.75, 3.05) is 5.32 Å². The smallest absolute Gasteiger partial charge is 0.261 e. The minimum atomic E-state index is -1.13. The molecular weight excluding hydrogens is 435 g/mol. The van der Waals surface area contributed by atoms with Crippen LogP contribution < -0.4 is 15.4 Å². The van der Waals surface area contributed by atoms with Gasteiger partial charge in [-0.1, -0.05) is 59.9 Å². The molecule has 0 aliphatic heterocycles. The van der Waals surface area contributed by atoms with E-state index in [1.165, 1.54) is 12.1 Å². The highest BCUT2D eigenvalue weighted by Crippen LogP contribution is 2.34. The summed E-state index contributed by atoms with van der Waals surface area (Å²) >= 11 is 18.0. The molecule has 2 atom stereocenters. The average molecular weight is 458 g/mol. The van der Waals surface area contributed by atoms with E-state index in [0.717, 1.165) is 5.56 Å². The minimum Gasteiger partial charge on any atom is -0.479 e. The lowest BCUT2D eigenvalue weighted by Gasteiger charge is -2.30. The molecule has 0 fully saturated rings. The molecular formula is C21H23Cl3N2O3. The maximum atomic E-state index is 12.9. The molecule has 2 aromatic rings. The second kappa shape index (κ2) is 9.70. The van der Waals surface area contributed by atoms with Crippen molar-refractivity contribution in [1.29, 1.82) is 0 Å². The maximum Gasteiger partial charge on any atom is 0.261 e. The van der Waals surface area contributed by atoms with Crippen LogP contribution in [0.15, 0.2) is 36.4 Å². The van der Waals surface area contributed by atoms with Gasteiger partial charge in [0.25, 0.3) is 5.91 Å². The number of aryl methyl sites for hydroxylation is 1. The molecule has 0 saturated carbocycles. The monoisotopic (exact) mass is 456 g/mol. The molecule has 2 aromatic carbocycles. The molecule has 2 N–H and O–H groups in total. The topological polar surface area (TPSA) is 67.4 Å². The highest BCUT2D eigenvalue weighted by Gasteiger charge is 2.35. The van der Waals surface area contributed by atoms with Crippen molar-refractivity contribution in [2.24, 2.45) is 0 Å². The van der Waals surface area contributed by atoms with E-state index in [4.69, 9.17) is 39.5 Å². The number of nitrogens with one attached hydrogen (secondary N) is 2. The van der Waals surface area contributed by atoms with Gasteiger partial charge in [0, 0.05) is 11.8 Å². The first-order chi connectivity index (χ1) is 13.6. The largest absolute Gasteiger partial charge is 0.479 e. The molecule has 2 amide bonds. The van der Waals surface area contributed by atoms with Crippen LogP contribution in [-0.2, 0) is 9.59 Å². The Kier molecular flexibility index (Phi) is 7.80. The summed E-state index contributed by atoms with van der Waals surface area (Å²) in [6.45, 7) is 6.94. The summed E-state index contributed by atoms with van der Waals surface area (Å²) < 4.78 is 5.63. The summed E-state index contributed by atoms with van der Waals surface area (Å²) in [5, 5.41) is 6.42. The molecule has 0 heterocycles. The van der Waals surface area contributed by atoms with Crippen LogP contribution in [0.1, 0.15) is 32.8 Å². The van der Waals surface area contributed by atoms with Gasteiger partial charge in [0.2, 0.25) is 5.91 Å². The highest BCUT2D eigenvalue weighted by molar-refractivity contribution is 6.43. The predicted octanol–water partition coefficient (Wildman–Crippen LogP) is 5.65. The Morgan fingerprint density at radius 1 is 1.10 bits per heavy atom. The maximum absolute atomic E-state index is 12.9. The van der Waals surface area contributed by atoms with Gasteiger partial charge in [-0.05, 0) is 44.9 Å². The summed E-state index contributed by atoms with van der Waals surface area (Å²) in [5.74, 6) is -0.551. The van der Waals surface area contributed by atoms with Crippen molar-refractivity contribution in [3.63, 3.8) is 0 Å². The zero-order valence-electron chi connectivity index (χ0n) is 16.6. The predicted molar refractivity (Wildman–Crippen MR) is 118 cm³/mol. The van der Waals surface area contributed by atoms with Crippen LogP contribution in [0.25, 0.3) is 0 Å². The number of halogens is 3. The average Bonchev–Trinajstić information content (AvgIpc) is 2.67. The van der Waals surface area contributed by atoms with E-state index in [2.05, 4.69) is 10.6 Å². The molecule has 29 heavy (non-hydrogen) atoms. The zero-order valence-corrected chi connectivity index (χ0v) is 18.9. The highest BCUT2D eigenvalue weighted by atomic mass is 35.5. The van der Waals surface area contributed by atoms with Gasteiger partial charge in [-0.2, -0.15) is 0 Å². The molecule has 0 bridgehead atoms. The molecule has 0 radical (unpaired) electrons. The van der Waals surface area contributed by atoms with E-state index in [1.807, 2.05) is 38.1 Å². The van der Waals surface area contributed by atoms with Gasteiger partial charge in [0.05, 0.1) is 15.1 Å².